The van der Waals surface area contributed by atoms with Gasteiger partial charge in [-0.3, -0.25) is 14.4 Å². The number of hydrogen-bond donors (Lipinski definition) is 1. The number of carbonyl (C=O) groups is 3. The van der Waals surface area contributed by atoms with Crippen molar-refractivity contribution in [3.8, 4) is 5.75 Å². The molecule has 0 heterocycles. The summed E-state index contributed by atoms with van der Waals surface area (Å²) in [6.45, 7) is 1.40. The third kappa shape index (κ3) is 3.51. The van der Waals surface area contributed by atoms with Gasteiger partial charge in [0.05, 0.1) is 32.8 Å². The van der Waals surface area contributed by atoms with Gasteiger partial charge in [0.15, 0.2) is 5.78 Å². The van der Waals surface area contributed by atoms with Crippen molar-refractivity contribution in [3.05, 3.63) is 29.8 Å². The molecule has 1 aromatic carbocycles. The summed E-state index contributed by atoms with van der Waals surface area (Å²) < 4.78 is 14.7. The fourth-order valence-corrected chi connectivity index (χ4v) is 3.50. The smallest absolute Gasteiger partial charge is 0.316 e. The minimum absolute atomic E-state index is 0.334. The number of carbonyl (C=O) groups excluding carboxylic acids is 3. The Balaban J connectivity index is 2.61. The minimum atomic E-state index is -1.64. The van der Waals surface area contributed by atoms with E-state index in [9.17, 15) is 19.5 Å². The molecule has 1 aliphatic rings. The van der Waals surface area contributed by atoms with E-state index in [1.807, 2.05) is 0 Å². The van der Waals surface area contributed by atoms with Crippen molar-refractivity contribution in [2.45, 2.75) is 24.9 Å². The zero-order chi connectivity index (χ0) is 18.8. The van der Waals surface area contributed by atoms with Crippen molar-refractivity contribution >= 4 is 17.7 Å². The van der Waals surface area contributed by atoms with Gasteiger partial charge in [-0.15, -0.1) is 0 Å². The third-order valence-electron chi connectivity index (χ3n) is 4.68. The number of Topliss-reactive ketones (excluding diaryl/α,β-unsaturated/α-hetero) is 1. The first kappa shape index (κ1) is 18.9. The summed E-state index contributed by atoms with van der Waals surface area (Å²) in [5.74, 6) is -4.50. The molecular weight excluding hydrogens is 328 g/mol. The van der Waals surface area contributed by atoms with E-state index in [0.29, 0.717) is 11.3 Å². The lowest BCUT2D eigenvalue weighted by Gasteiger charge is -2.43. The standard InChI is InChI=1S/C18H22O7/c1-18(22)9-12(19)14(16(20)24-3)13(15(18)17(21)25-4)10-5-7-11(23-2)8-6-10/h5-8,13-15,22H,9H2,1-4H3/t13-,14+,15+,18-/m0/s1. The molecule has 1 N–H and O–H groups in total. The van der Waals surface area contributed by atoms with Crippen molar-refractivity contribution in [1.82, 2.24) is 0 Å². The third-order valence-corrected chi connectivity index (χ3v) is 4.68. The number of esters is 2. The molecule has 1 saturated carbocycles. The second kappa shape index (κ2) is 7.23. The van der Waals surface area contributed by atoms with Crippen LogP contribution in [0, 0.1) is 11.8 Å². The van der Waals surface area contributed by atoms with Crippen molar-refractivity contribution < 1.29 is 33.7 Å². The van der Waals surface area contributed by atoms with E-state index in [4.69, 9.17) is 14.2 Å². The zero-order valence-corrected chi connectivity index (χ0v) is 14.6. The van der Waals surface area contributed by atoms with Crippen LogP contribution in [0.1, 0.15) is 24.8 Å². The van der Waals surface area contributed by atoms with Crippen molar-refractivity contribution in [2.24, 2.45) is 11.8 Å². The molecule has 0 aromatic heterocycles. The molecule has 25 heavy (non-hydrogen) atoms. The molecule has 0 unspecified atom stereocenters. The van der Waals surface area contributed by atoms with Crippen molar-refractivity contribution in [3.63, 3.8) is 0 Å². The predicted molar refractivity (Wildman–Crippen MR) is 87.0 cm³/mol. The van der Waals surface area contributed by atoms with Gasteiger partial charge in [-0.1, -0.05) is 12.1 Å². The summed E-state index contributed by atoms with van der Waals surface area (Å²) in [5, 5.41) is 10.7. The van der Waals surface area contributed by atoms with Gasteiger partial charge in [-0.05, 0) is 24.6 Å². The lowest BCUT2D eigenvalue weighted by molar-refractivity contribution is -0.170. The van der Waals surface area contributed by atoms with Gasteiger partial charge in [0.25, 0.3) is 0 Å². The molecule has 0 bridgehead atoms. The van der Waals surface area contributed by atoms with Crippen LogP contribution in [0.15, 0.2) is 24.3 Å². The van der Waals surface area contributed by atoms with E-state index < -0.39 is 41.1 Å². The molecule has 1 aliphatic carbocycles. The van der Waals surface area contributed by atoms with Gasteiger partial charge in [0.1, 0.15) is 11.7 Å². The largest absolute Gasteiger partial charge is 0.497 e. The number of ether oxygens (including phenoxy) is 3. The molecule has 0 spiro atoms. The molecule has 1 aromatic rings. The molecule has 7 heteroatoms. The average molecular weight is 350 g/mol. The van der Waals surface area contributed by atoms with E-state index in [-0.39, 0.29) is 6.42 Å². The number of benzene rings is 1. The summed E-state index contributed by atoms with van der Waals surface area (Å²) in [5.41, 5.74) is -1.10. The van der Waals surface area contributed by atoms with Gasteiger partial charge in [-0.2, -0.15) is 0 Å². The second-order valence-electron chi connectivity index (χ2n) is 6.30. The highest BCUT2D eigenvalue weighted by Crippen LogP contribution is 2.46. The number of rotatable bonds is 4. The Hall–Kier alpha value is -2.41. The van der Waals surface area contributed by atoms with E-state index >= 15 is 0 Å². The monoisotopic (exact) mass is 350 g/mol. The minimum Gasteiger partial charge on any atom is -0.497 e. The fraction of sp³-hybridized carbons (Fsp3) is 0.500. The molecule has 1 fully saturated rings. The van der Waals surface area contributed by atoms with Gasteiger partial charge in [0.2, 0.25) is 0 Å². The van der Waals surface area contributed by atoms with Gasteiger partial charge >= 0.3 is 11.9 Å². The van der Waals surface area contributed by atoms with Crippen LogP contribution in [-0.2, 0) is 23.9 Å². The summed E-state index contributed by atoms with van der Waals surface area (Å²) in [4.78, 5) is 37.2. The van der Waals surface area contributed by atoms with Crippen LogP contribution < -0.4 is 4.74 Å². The second-order valence-corrected chi connectivity index (χ2v) is 6.30. The maximum Gasteiger partial charge on any atom is 0.316 e. The molecular formula is C18H22O7. The van der Waals surface area contributed by atoms with Crippen molar-refractivity contribution in [2.75, 3.05) is 21.3 Å². The maximum atomic E-state index is 12.5. The fourth-order valence-electron chi connectivity index (χ4n) is 3.50. The molecule has 0 saturated heterocycles. The summed E-state index contributed by atoms with van der Waals surface area (Å²) >= 11 is 0. The molecule has 0 aliphatic heterocycles. The molecule has 2 rings (SSSR count). The summed E-state index contributed by atoms with van der Waals surface area (Å²) in [7, 11) is 3.89. The Labute approximate surface area is 145 Å². The van der Waals surface area contributed by atoms with Gasteiger partial charge < -0.3 is 19.3 Å². The summed E-state index contributed by atoms with van der Waals surface area (Å²) in [6, 6.07) is 6.63. The topological polar surface area (TPSA) is 99.1 Å². The molecule has 0 amide bonds. The number of methoxy groups -OCH3 is 3. The van der Waals surface area contributed by atoms with Crippen LogP contribution in [0.4, 0.5) is 0 Å². The van der Waals surface area contributed by atoms with Crippen LogP contribution >= 0.6 is 0 Å². The van der Waals surface area contributed by atoms with E-state index in [1.54, 1.807) is 24.3 Å². The highest BCUT2D eigenvalue weighted by atomic mass is 16.5. The SMILES string of the molecule is COC(=O)[C@@H]1C(=O)C[C@](C)(O)[C@@H](C(=O)OC)[C@H]1c1ccc(OC)cc1. The first-order chi connectivity index (χ1) is 11.8. The molecule has 0 radical (unpaired) electrons. The molecule has 7 nitrogen and oxygen atoms in total. The quantitative estimate of drug-likeness (QED) is 0.641. The van der Waals surface area contributed by atoms with Gasteiger partial charge in [-0.25, -0.2) is 0 Å². The highest BCUT2D eigenvalue weighted by molar-refractivity contribution is 6.02. The van der Waals surface area contributed by atoms with E-state index in [1.165, 1.54) is 28.3 Å². The summed E-state index contributed by atoms with van der Waals surface area (Å²) in [6.07, 6.45) is -0.334. The maximum absolute atomic E-state index is 12.5. The van der Waals surface area contributed by atoms with Crippen molar-refractivity contribution in [1.29, 1.82) is 0 Å². The van der Waals surface area contributed by atoms with Crippen LogP contribution in [0.3, 0.4) is 0 Å². The Morgan fingerprint density at radius 3 is 2.12 bits per heavy atom. The average Bonchev–Trinajstić information content (AvgIpc) is 2.59. The Morgan fingerprint density at radius 1 is 1.08 bits per heavy atom. The van der Waals surface area contributed by atoms with Crippen LogP contribution in [0.2, 0.25) is 0 Å². The van der Waals surface area contributed by atoms with Crippen LogP contribution in [-0.4, -0.2) is 49.8 Å². The lowest BCUT2D eigenvalue weighted by atomic mass is 9.62. The predicted octanol–water partition coefficient (Wildman–Crippen LogP) is 1.08. The Kier molecular flexibility index (Phi) is 5.47. The Morgan fingerprint density at radius 2 is 1.64 bits per heavy atom. The molecule has 136 valence electrons. The zero-order valence-electron chi connectivity index (χ0n) is 14.6. The number of ketones is 1. The van der Waals surface area contributed by atoms with E-state index in [0.717, 1.165) is 0 Å². The highest BCUT2D eigenvalue weighted by Gasteiger charge is 2.56. The van der Waals surface area contributed by atoms with Crippen LogP contribution in [0.5, 0.6) is 5.75 Å². The number of aliphatic hydroxyl groups is 1. The molecule has 4 atom stereocenters. The van der Waals surface area contributed by atoms with Crippen LogP contribution in [0.25, 0.3) is 0 Å². The number of hydrogen-bond acceptors (Lipinski definition) is 7. The first-order valence-electron chi connectivity index (χ1n) is 7.81. The lowest BCUT2D eigenvalue weighted by Crippen LogP contribution is -2.55. The van der Waals surface area contributed by atoms with Gasteiger partial charge in [0, 0.05) is 12.3 Å². The first-order valence-corrected chi connectivity index (χ1v) is 7.81. The normalized spacial score (nSPS) is 29.0. The van der Waals surface area contributed by atoms with E-state index in [2.05, 4.69) is 0 Å². The Bertz CT molecular complexity index is 663.